The van der Waals surface area contributed by atoms with Crippen LogP contribution in [0.5, 0.6) is 0 Å². The third-order valence-corrected chi connectivity index (χ3v) is 4.59. The highest BCUT2D eigenvalue weighted by atomic mass is 16.1. The molecule has 2 aromatic carbocycles. The van der Waals surface area contributed by atoms with Crippen LogP contribution in [0, 0.1) is 5.41 Å². The van der Waals surface area contributed by atoms with E-state index >= 15 is 0 Å². The van der Waals surface area contributed by atoms with Crippen molar-refractivity contribution in [3.05, 3.63) is 76.5 Å². The first-order valence-electron chi connectivity index (χ1n) is 9.02. The molecule has 1 aliphatic heterocycles. The van der Waals surface area contributed by atoms with Gasteiger partial charge in [0.05, 0.1) is 5.71 Å². The lowest BCUT2D eigenvalue weighted by atomic mass is 9.98. The van der Waals surface area contributed by atoms with Gasteiger partial charge in [0, 0.05) is 30.0 Å². The number of carbonyl (C=O) groups excluding carboxylic acids is 2. The number of hydrogen-bond acceptors (Lipinski definition) is 5. The van der Waals surface area contributed by atoms with Crippen LogP contribution in [-0.4, -0.2) is 25.0 Å². The monoisotopic (exact) mass is 378 g/mol. The standard InChI is InChI=1S/C21H24N4O.CH2O/c1-14(22)11-19(23)16-6-4-15(5-7-16)13-25-10-2-3-17-12-18(21(24)26)8-9-20(17)25;1-2/h4-9,11-12,23H,2-3,10,13,22H2,1H3,(H2,24,26);1H2/b14-11-,23-19?;. The zero-order valence-corrected chi connectivity index (χ0v) is 16.1. The van der Waals surface area contributed by atoms with Crippen molar-refractivity contribution < 1.29 is 9.59 Å². The Morgan fingerprint density at radius 2 is 1.79 bits per heavy atom. The lowest BCUT2D eigenvalue weighted by Crippen LogP contribution is -2.29. The summed E-state index contributed by atoms with van der Waals surface area (Å²) in [6.07, 6.45) is 3.68. The van der Waals surface area contributed by atoms with E-state index in [2.05, 4.69) is 17.0 Å². The van der Waals surface area contributed by atoms with E-state index in [1.54, 1.807) is 19.1 Å². The highest BCUT2D eigenvalue weighted by molar-refractivity contribution is 6.06. The molecule has 1 amide bonds. The van der Waals surface area contributed by atoms with Crippen LogP contribution in [0.3, 0.4) is 0 Å². The van der Waals surface area contributed by atoms with E-state index in [1.807, 2.05) is 31.1 Å². The van der Waals surface area contributed by atoms with Crippen molar-refractivity contribution >= 4 is 24.1 Å². The predicted molar refractivity (Wildman–Crippen MR) is 113 cm³/mol. The van der Waals surface area contributed by atoms with Gasteiger partial charge in [0.15, 0.2) is 0 Å². The van der Waals surface area contributed by atoms with E-state index in [0.717, 1.165) is 31.5 Å². The molecule has 0 aliphatic carbocycles. The molecular formula is C22H26N4O2. The summed E-state index contributed by atoms with van der Waals surface area (Å²) in [4.78, 5) is 21.7. The highest BCUT2D eigenvalue weighted by Gasteiger charge is 2.18. The topological polar surface area (TPSA) is 113 Å². The van der Waals surface area contributed by atoms with Crippen LogP contribution in [-0.2, 0) is 17.8 Å². The van der Waals surface area contributed by atoms with Crippen LogP contribution >= 0.6 is 0 Å². The number of amides is 1. The SMILES string of the molecule is C/C(N)=C/C(=N)c1ccc(CN2CCCc3cc(C(N)=O)ccc32)cc1.C=O. The first-order valence-corrected chi connectivity index (χ1v) is 9.02. The minimum atomic E-state index is -0.385. The molecule has 6 heteroatoms. The number of nitrogens with two attached hydrogens (primary N) is 2. The van der Waals surface area contributed by atoms with E-state index in [4.69, 9.17) is 21.7 Å². The van der Waals surface area contributed by atoms with Crippen molar-refractivity contribution in [2.24, 2.45) is 11.5 Å². The molecule has 6 nitrogen and oxygen atoms in total. The zero-order chi connectivity index (χ0) is 20.7. The Hall–Kier alpha value is -3.41. The largest absolute Gasteiger partial charge is 0.402 e. The summed E-state index contributed by atoms with van der Waals surface area (Å²) >= 11 is 0. The maximum absolute atomic E-state index is 11.4. The van der Waals surface area contributed by atoms with E-state index in [9.17, 15) is 4.79 Å². The van der Waals surface area contributed by atoms with Gasteiger partial charge in [-0.3, -0.25) is 4.79 Å². The number of allylic oxidation sites excluding steroid dienone is 2. The molecule has 0 aromatic heterocycles. The summed E-state index contributed by atoms with van der Waals surface area (Å²) in [6.45, 7) is 5.55. The molecule has 0 atom stereocenters. The third kappa shape index (κ3) is 5.07. The maximum Gasteiger partial charge on any atom is 0.248 e. The Morgan fingerprint density at radius 1 is 1.14 bits per heavy atom. The van der Waals surface area contributed by atoms with Crippen molar-refractivity contribution in [2.75, 3.05) is 11.4 Å². The molecule has 3 rings (SSSR count). The molecule has 0 bridgehead atoms. The van der Waals surface area contributed by atoms with E-state index < -0.39 is 0 Å². The lowest BCUT2D eigenvalue weighted by Gasteiger charge is -2.31. The number of benzene rings is 2. The highest BCUT2D eigenvalue weighted by Crippen LogP contribution is 2.29. The van der Waals surface area contributed by atoms with Gasteiger partial charge >= 0.3 is 0 Å². The molecule has 2 aromatic rings. The van der Waals surface area contributed by atoms with Gasteiger partial charge in [-0.15, -0.1) is 0 Å². The van der Waals surface area contributed by atoms with Crippen LogP contribution in [0.15, 0.2) is 54.2 Å². The lowest BCUT2D eigenvalue weighted by molar-refractivity contribution is -0.0980. The second-order valence-corrected chi connectivity index (χ2v) is 6.73. The summed E-state index contributed by atoms with van der Waals surface area (Å²) in [5, 5.41) is 8.03. The number of primary amides is 1. The van der Waals surface area contributed by atoms with E-state index in [0.29, 0.717) is 17.0 Å². The van der Waals surface area contributed by atoms with Gasteiger partial charge in [0.25, 0.3) is 0 Å². The van der Waals surface area contributed by atoms with Gasteiger partial charge in [-0.05, 0) is 60.7 Å². The number of nitrogens with zero attached hydrogens (tertiary/aromatic N) is 1. The maximum atomic E-state index is 11.4. The number of carbonyl (C=O) groups is 2. The fraction of sp³-hybridized carbons (Fsp3) is 0.227. The molecule has 0 saturated carbocycles. The van der Waals surface area contributed by atoms with Crippen molar-refractivity contribution in [1.82, 2.24) is 0 Å². The Balaban J connectivity index is 0.00000136. The van der Waals surface area contributed by atoms with Crippen molar-refractivity contribution in [3.63, 3.8) is 0 Å². The summed E-state index contributed by atoms with van der Waals surface area (Å²) in [7, 11) is 0. The van der Waals surface area contributed by atoms with Crippen LogP contribution in [0.1, 0.15) is 40.4 Å². The summed E-state index contributed by atoms with van der Waals surface area (Å²) in [6, 6.07) is 13.7. The molecule has 1 aliphatic rings. The second kappa shape index (κ2) is 9.50. The first kappa shape index (κ1) is 20.9. The minimum absolute atomic E-state index is 0.385. The van der Waals surface area contributed by atoms with Crippen molar-refractivity contribution in [2.45, 2.75) is 26.3 Å². The Labute approximate surface area is 165 Å². The Bertz CT molecular complexity index is 884. The van der Waals surface area contributed by atoms with Crippen molar-refractivity contribution in [3.8, 4) is 0 Å². The fourth-order valence-corrected chi connectivity index (χ4v) is 3.31. The van der Waals surface area contributed by atoms with Crippen LogP contribution in [0.4, 0.5) is 5.69 Å². The average Bonchev–Trinajstić information content (AvgIpc) is 2.69. The first-order chi connectivity index (χ1) is 13.4. The van der Waals surface area contributed by atoms with Gasteiger partial charge in [0.1, 0.15) is 6.79 Å². The molecule has 0 spiro atoms. The number of rotatable bonds is 5. The number of aryl methyl sites for hydroxylation is 1. The quantitative estimate of drug-likeness (QED) is 0.694. The second-order valence-electron chi connectivity index (χ2n) is 6.73. The minimum Gasteiger partial charge on any atom is -0.402 e. The number of anilines is 1. The average molecular weight is 378 g/mol. The molecule has 0 radical (unpaired) electrons. The van der Waals surface area contributed by atoms with E-state index in [1.165, 1.54) is 16.8 Å². The smallest absolute Gasteiger partial charge is 0.248 e. The molecule has 28 heavy (non-hydrogen) atoms. The number of fused-ring (bicyclic) bond motifs is 1. The summed E-state index contributed by atoms with van der Waals surface area (Å²) in [5.41, 5.74) is 17.0. The molecular weight excluding hydrogens is 352 g/mol. The summed E-state index contributed by atoms with van der Waals surface area (Å²) < 4.78 is 0. The van der Waals surface area contributed by atoms with Crippen LogP contribution in [0.25, 0.3) is 0 Å². The molecule has 5 N–H and O–H groups in total. The molecule has 0 unspecified atom stereocenters. The van der Waals surface area contributed by atoms with Crippen LogP contribution < -0.4 is 16.4 Å². The Kier molecular flexibility index (Phi) is 7.09. The van der Waals surface area contributed by atoms with Gasteiger partial charge in [-0.25, -0.2) is 0 Å². The normalized spacial score (nSPS) is 13.2. The molecule has 146 valence electrons. The van der Waals surface area contributed by atoms with Gasteiger partial charge in [0.2, 0.25) is 5.91 Å². The zero-order valence-electron chi connectivity index (χ0n) is 16.1. The fourth-order valence-electron chi connectivity index (χ4n) is 3.31. The summed E-state index contributed by atoms with van der Waals surface area (Å²) in [5.74, 6) is -0.385. The molecule has 1 heterocycles. The number of hydrogen-bond donors (Lipinski definition) is 3. The van der Waals surface area contributed by atoms with Crippen molar-refractivity contribution in [1.29, 1.82) is 5.41 Å². The predicted octanol–water partition coefficient (Wildman–Crippen LogP) is 2.78. The van der Waals surface area contributed by atoms with Gasteiger partial charge < -0.3 is 26.6 Å². The van der Waals surface area contributed by atoms with E-state index in [-0.39, 0.29) is 5.91 Å². The molecule has 0 fully saturated rings. The number of nitrogens with one attached hydrogen (secondary N) is 1. The van der Waals surface area contributed by atoms with Gasteiger partial charge in [-0.2, -0.15) is 0 Å². The van der Waals surface area contributed by atoms with Gasteiger partial charge in [-0.1, -0.05) is 24.3 Å². The van der Waals surface area contributed by atoms with Crippen LogP contribution in [0.2, 0.25) is 0 Å². The Morgan fingerprint density at radius 3 is 2.39 bits per heavy atom. The third-order valence-electron chi connectivity index (χ3n) is 4.59. The molecule has 0 saturated heterocycles.